The number of carbonyl (C=O) groups is 1. The second-order valence-electron chi connectivity index (χ2n) is 8.12. The van der Waals surface area contributed by atoms with E-state index in [0.29, 0.717) is 17.1 Å². The third kappa shape index (κ3) is 3.27. The molecule has 1 aromatic carbocycles. The Morgan fingerprint density at radius 3 is 2.68 bits per heavy atom. The molecule has 0 unspecified atom stereocenters. The van der Waals surface area contributed by atoms with Gasteiger partial charge in [0.25, 0.3) is 0 Å². The number of carbonyl (C=O) groups excluding carboxylic acids is 1. The maximum Gasteiger partial charge on any atom is 0.137 e. The molecule has 0 radical (unpaired) electrons. The molecule has 1 heteroatoms. The Balaban J connectivity index is 1.50. The van der Waals surface area contributed by atoms with Gasteiger partial charge in [0.2, 0.25) is 0 Å². The monoisotopic (exact) mass is 294 g/mol. The zero-order chi connectivity index (χ0) is 15.8. The van der Waals surface area contributed by atoms with Gasteiger partial charge >= 0.3 is 0 Å². The molecule has 2 fully saturated rings. The van der Waals surface area contributed by atoms with Crippen molar-refractivity contribution in [1.29, 1.82) is 0 Å². The summed E-state index contributed by atoms with van der Waals surface area (Å²) >= 11 is 0. The molecule has 0 heterocycles. The molecule has 1 aromatic rings. The Hall–Kier alpha value is -1.55. The van der Waals surface area contributed by atoms with Crippen LogP contribution >= 0.6 is 0 Å². The molecule has 3 rings (SSSR count). The molecule has 116 valence electrons. The number of unbranched alkanes of at least 4 members (excludes halogenated alkanes) is 1. The second-order valence-corrected chi connectivity index (χ2v) is 8.12. The van der Waals surface area contributed by atoms with Gasteiger partial charge in [0.1, 0.15) is 5.78 Å². The van der Waals surface area contributed by atoms with Crippen molar-refractivity contribution in [3.05, 3.63) is 35.4 Å². The highest BCUT2D eigenvalue weighted by Crippen LogP contribution is 2.66. The Bertz CT molecular complexity index is 626. The molecule has 22 heavy (non-hydrogen) atoms. The van der Waals surface area contributed by atoms with Gasteiger partial charge in [0.15, 0.2) is 0 Å². The van der Waals surface area contributed by atoms with Crippen molar-refractivity contribution in [2.75, 3.05) is 0 Å². The number of benzene rings is 1. The number of ketones is 1. The van der Waals surface area contributed by atoms with Gasteiger partial charge in [0, 0.05) is 24.3 Å². The van der Waals surface area contributed by atoms with E-state index < -0.39 is 0 Å². The van der Waals surface area contributed by atoms with E-state index in [0.717, 1.165) is 31.2 Å². The Morgan fingerprint density at radius 1 is 1.23 bits per heavy atom. The summed E-state index contributed by atoms with van der Waals surface area (Å²) in [5, 5.41) is 0. The molecule has 2 atom stereocenters. The van der Waals surface area contributed by atoms with Crippen LogP contribution in [0.1, 0.15) is 63.5 Å². The van der Waals surface area contributed by atoms with Crippen LogP contribution in [0.25, 0.3) is 0 Å². The molecule has 0 aromatic heterocycles. The fraction of sp³-hybridized carbons (Fsp3) is 0.571. The summed E-state index contributed by atoms with van der Waals surface area (Å²) < 4.78 is 0. The lowest BCUT2D eigenvalue weighted by atomic mass is 9.70. The first-order chi connectivity index (χ1) is 10.4. The minimum atomic E-state index is 0.206. The third-order valence-electron chi connectivity index (χ3n) is 5.32. The molecule has 0 bridgehead atoms. The van der Waals surface area contributed by atoms with Gasteiger partial charge in [-0.05, 0) is 55.6 Å². The first-order valence-corrected chi connectivity index (χ1v) is 8.49. The van der Waals surface area contributed by atoms with Crippen LogP contribution in [0.5, 0.6) is 0 Å². The van der Waals surface area contributed by atoms with E-state index in [1.807, 2.05) is 0 Å². The zero-order valence-electron chi connectivity index (χ0n) is 14.0. The van der Waals surface area contributed by atoms with Crippen molar-refractivity contribution < 1.29 is 4.79 Å². The normalized spacial score (nSPS) is 28.5. The first-order valence-electron chi connectivity index (χ1n) is 8.49. The van der Waals surface area contributed by atoms with Crippen LogP contribution in [0.4, 0.5) is 0 Å². The van der Waals surface area contributed by atoms with Crippen LogP contribution in [-0.2, 0) is 4.79 Å². The largest absolute Gasteiger partial charge is 0.299 e. The van der Waals surface area contributed by atoms with Crippen LogP contribution < -0.4 is 0 Å². The molecule has 0 amide bonds. The predicted octanol–water partition coefficient (Wildman–Crippen LogP) is 4.91. The van der Waals surface area contributed by atoms with Gasteiger partial charge in [-0.2, -0.15) is 0 Å². The zero-order valence-corrected chi connectivity index (χ0v) is 14.0. The van der Waals surface area contributed by atoms with Crippen LogP contribution in [0.3, 0.4) is 0 Å². The van der Waals surface area contributed by atoms with Gasteiger partial charge < -0.3 is 0 Å². The highest BCUT2D eigenvalue weighted by Gasteiger charge is 2.61. The average molecular weight is 294 g/mol. The van der Waals surface area contributed by atoms with Gasteiger partial charge in [-0.15, -0.1) is 0 Å². The minimum absolute atomic E-state index is 0.206. The molecular weight excluding hydrogens is 268 g/mol. The van der Waals surface area contributed by atoms with Crippen molar-refractivity contribution in [3.63, 3.8) is 0 Å². The summed E-state index contributed by atoms with van der Waals surface area (Å²) in [6.45, 7) is 6.59. The molecule has 2 aliphatic carbocycles. The predicted molar refractivity (Wildman–Crippen MR) is 90.5 cm³/mol. The van der Waals surface area contributed by atoms with Gasteiger partial charge in [0.05, 0.1) is 0 Å². The summed E-state index contributed by atoms with van der Waals surface area (Å²) in [7, 11) is 0. The van der Waals surface area contributed by atoms with Crippen molar-refractivity contribution in [2.24, 2.45) is 16.7 Å². The number of aryl methyl sites for hydroxylation is 1. The molecule has 1 nitrogen and oxygen atoms in total. The number of hydrogen-bond acceptors (Lipinski definition) is 1. The maximum absolute atomic E-state index is 12.1. The van der Waals surface area contributed by atoms with Gasteiger partial charge in [-0.1, -0.05) is 43.4 Å². The quantitative estimate of drug-likeness (QED) is 0.571. The molecule has 2 aliphatic rings. The topological polar surface area (TPSA) is 17.1 Å². The van der Waals surface area contributed by atoms with E-state index in [4.69, 9.17) is 0 Å². The molecule has 0 aliphatic heterocycles. The lowest BCUT2D eigenvalue weighted by Crippen LogP contribution is -2.30. The molecule has 0 saturated heterocycles. The van der Waals surface area contributed by atoms with Crippen LogP contribution in [-0.4, -0.2) is 5.78 Å². The van der Waals surface area contributed by atoms with E-state index in [-0.39, 0.29) is 5.41 Å². The minimum Gasteiger partial charge on any atom is -0.299 e. The first kappa shape index (κ1) is 15.3. The van der Waals surface area contributed by atoms with Gasteiger partial charge in [-0.25, -0.2) is 0 Å². The molecule has 0 N–H and O–H groups in total. The standard InChI is InChI=1S/C21H26O/c1-16-8-10-17(11-9-16)7-5-4-6-12-21-13-18(21)19(22)14-20(2,3)15-21/h8-11,18H,4,6,12-15H2,1-3H3/t18-,21-/m1/s1. The van der Waals surface area contributed by atoms with E-state index in [9.17, 15) is 4.79 Å². The smallest absolute Gasteiger partial charge is 0.137 e. The van der Waals surface area contributed by atoms with E-state index in [1.165, 1.54) is 18.4 Å². The van der Waals surface area contributed by atoms with Crippen LogP contribution in [0, 0.1) is 35.5 Å². The van der Waals surface area contributed by atoms with E-state index in [2.05, 4.69) is 56.9 Å². The third-order valence-corrected chi connectivity index (χ3v) is 5.32. The molecular formula is C21H26O. The highest BCUT2D eigenvalue weighted by atomic mass is 16.1. The van der Waals surface area contributed by atoms with E-state index >= 15 is 0 Å². The Kier molecular flexibility index (Phi) is 3.89. The van der Waals surface area contributed by atoms with E-state index in [1.54, 1.807) is 0 Å². The fourth-order valence-electron chi connectivity index (χ4n) is 4.30. The summed E-state index contributed by atoms with van der Waals surface area (Å²) in [5.41, 5.74) is 2.92. The van der Waals surface area contributed by atoms with Crippen LogP contribution in [0.15, 0.2) is 24.3 Å². The van der Waals surface area contributed by atoms with Crippen molar-refractivity contribution in [2.45, 2.75) is 59.3 Å². The highest BCUT2D eigenvalue weighted by molar-refractivity contribution is 5.86. The number of hydrogen-bond donors (Lipinski definition) is 0. The SMILES string of the molecule is Cc1ccc(C#CCCC[C@]23C[C@@H]2C(=O)CC(C)(C)C3)cc1. The average Bonchev–Trinajstić information content (AvgIpc) is 3.14. The lowest BCUT2D eigenvalue weighted by molar-refractivity contribution is -0.125. The lowest BCUT2D eigenvalue weighted by Gasteiger charge is -2.34. The maximum atomic E-state index is 12.1. The molecule has 0 spiro atoms. The van der Waals surface area contributed by atoms with Crippen molar-refractivity contribution >= 4 is 5.78 Å². The summed E-state index contributed by atoms with van der Waals surface area (Å²) in [6.07, 6.45) is 6.39. The second kappa shape index (κ2) is 5.58. The number of fused-ring (bicyclic) bond motifs is 1. The summed E-state index contributed by atoms with van der Waals surface area (Å²) in [4.78, 5) is 12.1. The van der Waals surface area contributed by atoms with Crippen molar-refractivity contribution in [3.8, 4) is 11.8 Å². The summed E-state index contributed by atoms with van der Waals surface area (Å²) in [6, 6.07) is 8.38. The fourth-order valence-corrected chi connectivity index (χ4v) is 4.30. The number of Topliss-reactive ketones (excluding diaryl/α,β-unsaturated/α-hetero) is 1. The van der Waals surface area contributed by atoms with Crippen molar-refractivity contribution in [1.82, 2.24) is 0 Å². The summed E-state index contributed by atoms with van der Waals surface area (Å²) in [5.74, 6) is 7.43. The Labute approximate surface area is 134 Å². The molecule has 2 saturated carbocycles. The van der Waals surface area contributed by atoms with Gasteiger partial charge in [-0.3, -0.25) is 4.79 Å². The van der Waals surface area contributed by atoms with Crippen LogP contribution in [0.2, 0.25) is 0 Å². The Morgan fingerprint density at radius 2 is 1.95 bits per heavy atom. The number of rotatable bonds is 3.